The molecule has 2 aliphatic rings. The number of alkyl halides is 2. The van der Waals surface area contributed by atoms with Crippen LogP contribution in [0.4, 0.5) is 8.78 Å². The van der Waals surface area contributed by atoms with Crippen molar-refractivity contribution in [1.29, 1.82) is 0 Å². The molecule has 1 aromatic rings. The number of fused-ring (bicyclic) bond motifs is 1. The zero-order valence-corrected chi connectivity index (χ0v) is 9.41. The molecule has 0 amide bonds. The van der Waals surface area contributed by atoms with E-state index in [1.165, 1.54) is 18.2 Å². The molecule has 6 heteroatoms. The molecule has 1 saturated carbocycles. The highest BCUT2D eigenvalue weighted by molar-refractivity contribution is 5.98. The van der Waals surface area contributed by atoms with Gasteiger partial charge in [-0.05, 0) is 31.0 Å². The van der Waals surface area contributed by atoms with Crippen LogP contribution in [0.25, 0.3) is 0 Å². The number of halogens is 2. The molecule has 1 aliphatic carbocycles. The fourth-order valence-electron chi connectivity index (χ4n) is 1.75. The molecule has 1 aliphatic heterocycles. The number of ketones is 1. The number of carbonyl (C=O) groups is 1. The van der Waals surface area contributed by atoms with Crippen LogP contribution in [-0.2, 0) is 0 Å². The third-order valence-corrected chi connectivity index (χ3v) is 2.85. The minimum atomic E-state index is -3.64. The summed E-state index contributed by atoms with van der Waals surface area (Å²) in [6.07, 6.45) is -1.47. The lowest BCUT2D eigenvalue weighted by Gasteiger charge is -2.04. The first-order chi connectivity index (χ1) is 8.53. The molecule has 1 fully saturated rings. The van der Waals surface area contributed by atoms with Crippen molar-refractivity contribution in [3.8, 4) is 11.5 Å². The van der Waals surface area contributed by atoms with Crippen molar-refractivity contribution < 1.29 is 23.0 Å². The number of Topliss-reactive ketones (excluding diaryl/α,β-unsaturated/α-hetero) is 1. The maximum Gasteiger partial charge on any atom is 0.586 e. The molecule has 1 N–H and O–H groups in total. The van der Waals surface area contributed by atoms with E-state index in [4.69, 9.17) is 0 Å². The lowest BCUT2D eigenvalue weighted by Crippen LogP contribution is -2.26. The van der Waals surface area contributed by atoms with E-state index < -0.39 is 6.29 Å². The second-order valence-corrected chi connectivity index (χ2v) is 4.41. The maximum atomic E-state index is 12.8. The number of benzene rings is 1. The summed E-state index contributed by atoms with van der Waals surface area (Å²) < 4.78 is 34.1. The number of hydrogen-bond acceptors (Lipinski definition) is 4. The van der Waals surface area contributed by atoms with Gasteiger partial charge in [0.2, 0.25) is 0 Å². The number of ether oxygens (including phenoxy) is 2. The van der Waals surface area contributed by atoms with Gasteiger partial charge in [-0.1, -0.05) is 0 Å². The summed E-state index contributed by atoms with van der Waals surface area (Å²) in [5.41, 5.74) is 0.336. The van der Waals surface area contributed by atoms with Gasteiger partial charge < -0.3 is 14.8 Å². The van der Waals surface area contributed by atoms with Crippen molar-refractivity contribution in [2.45, 2.75) is 25.2 Å². The van der Waals surface area contributed by atoms with Crippen LogP contribution in [-0.4, -0.2) is 24.7 Å². The van der Waals surface area contributed by atoms with E-state index in [0.29, 0.717) is 11.6 Å². The molecule has 1 aromatic carbocycles. The summed E-state index contributed by atoms with van der Waals surface area (Å²) in [5.74, 6) is -0.299. The van der Waals surface area contributed by atoms with Gasteiger partial charge in [0, 0.05) is 11.6 Å². The van der Waals surface area contributed by atoms with E-state index in [-0.39, 0.29) is 23.8 Å². The lowest BCUT2D eigenvalue weighted by molar-refractivity contribution is -0.286. The quantitative estimate of drug-likeness (QED) is 0.835. The van der Waals surface area contributed by atoms with E-state index in [0.717, 1.165) is 12.8 Å². The summed E-state index contributed by atoms with van der Waals surface area (Å²) in [5, 5.41) is 3.07. The van der Waals surface area contributed by atoms with E-state index in [2.05, 4.69) is 14.8 Å². The van der Waals surface area contributed by atoms with Gasteiger partial charge in [-0.3, -0.25) is 4.79 Å². The van der Waals surface area contributed by atoms with Gasteiger partial charge in [0.25, 0.3) is 0 Å². The molecule has 0 atom stereocenters. The molecule has 18 heavy (non-hydrogen) atoms. The normalized spacial score (nSPS) is 19.9. The van der Waals surface area contributed by atoms with E-state index in [1.807, 2.05) is 0 Å². The van der Waals surface area contributed by atoms with Crippen LogP contribution in [0, 0.1) is 0 Å². The standard InChI is InChI=1S/C12H11F2NO3/c13-12(14)17-10-4-1-7(5-11(10)18-12)9(16)6-15-8-2-3-8/h1,4-5,8,15H,2-3,6H2. The fourth-order valence-corrected chi connectivity index (χ4v) is 1.75. The molecule has 3 rings (SSSR count). The van der Waals surface area contributed by atoms with Crippen molar-refractivity contribution >= 4 is 5.78 Å². The predicted octanol–water partition coefficient (Wildman–Crippen LogP) is 1.94. The van der Waals surface area contributed by atoms with Gasteiger partial charge in [-0.15, -0.1) is 8.78 Å². The first kappa shape index (κ1) is 11.4. The summed E-state index contributed by atoms with van der Waals surface area (Å²) in [6.45, 7) is 0.209. The largest absolute Gasteiger partial charge is 0.586 e. The SMILES string of the molecule is O=C(CNC1CC1)c1ccc2c(c1)OC(F)(F)O2. The Kier molecular flexibility index (Phi) is 2.48. The minimum absolute atomic E-state index is 0.0493. The molecule has 96 valence electrons. The molecular formula is C12H11F2NO3. The van der Waals surface area contributed by atoms with Gasteiger partial charge >= 0.3 is 6.29 Å². The first-order valence-corrected chi connectivity index (χ1v) is 5.70. The topological polar surface area (TPSA) is 47.6 Å². The Labute approximate surface area is 102 Å². The Hall–Kier alpha value is -1.69. The zero-order chi connectivity index (χ0) is 12.8. The molecule has 0 spiro atoms. The monoisotopic (exact) mass is 255 g/mol. The first-order valence-electron chi connectivity index (χ1n) is 5.70. The maximum absolute atomic E-state index is 12.8. The second-order valence-electron chi connectivity index (χ2n) is 4.41. The van der Waals surface area contributed by atoms with Crippen LogP contribution in [0.2, 0.25) is 0 Å². The van der Waals surface area contributed by atoms with Crippen LogP contribution < -0.4 is 14.8 Å². The highest BCUT2D eigenvalue weighted by Crippen LogP contribution is 2.41. The molecule has 0 bridgehead atoms. The van der Waals surface area contributed by atoms with Crippen LogP contribution in [0.1, 0.15) is 23.2 Å². The Morgan fingerprint density at radius 3 is 2.78 bits per heavy atom. The van der Waals surface area contributed by atoms with E-state index in [1.54, 1.807) is 0 Å². The van der Waals surface area contributed by atoms with Crippen LogP contribution in [0.15, 0.2) is 18.2 Å². The van der Waals surface area contributed by atoms with Gasteiger partial charge in [-0.25, -0.2) is 0 Å². The molecule has 0 aromatic heterocycles. The third-order valence-electron chi connectivity index (χ3n) is 2.85. The van der Waals surface area contributed by atoms with E-state index >= 15 is 0 Å². The molecule has 0 unspecified atom stereocenters. The third kappa shape index (κ3) is 2.28. The summed E-state index contributed by atoms with van der Waals surface area (Å²) in [4.78, 5) is 11.8. The van der Waals surface area contributed by atoms with Crippen LogP contribution in [0.5, 0.6) is 11.5 Å². The Balaban J connectivity index is 1.72. The van der Waals surface area contributed by atoms with Gasteiger partial charge in [0.15, 0.2) is 17.3 Å². The highest BCUT2D eigenvalue weighted by Gasteiger charge is 2.43. The second kappa shape index (κ2) is 3.91. The number of hydrogen-bond donors (Lipinski definition) is 1. The zero-order valence-electron chi connectivity index (χ0n) is 9.41. The smallest absolute Gasteiger partial charge is 0.395 e. The Bertz CT molecular complexity index is 500. The number of nitrogens with one attached hydrogen (secondary N) is 1. The average molecular weight is 255 g/mol. The fraction of sp³-hybridized carbons (Fsp3) is 0.417. The summed E-state index contributed by atoms with van der Waals surface area (Å²) in [7, 11) is 0. The van der Waals surface area contributed by atoms with Gasteiger partial charge in [0.05, 0.1) is 6.54 Å². The Morgan fingerprint density at radius 2 is 2.06 bits per heavy atom. The molecule has 4 nitrogen and oxygen atoms in total. The average Bonchev–Trinajstić information content (AvgIpc) is 3.06. The number of rotatable bonds is 4. The highest BCUT2D eigenvalue weighted by atomic mass is 19.3. The summed E-state index contributed by atoms with van der Waals surface area (Å²) >= 11 is 0. The van der Waals surface area contributed by atoms with Crippen molar-refractivity contribution in [3.05, 3.63) is 23.8 Å². The van der Waals surface area contributed by atoms with Crippen molar-refractivity contribution in [2.75, 3.05) is 6.54 Å². The molecule has 1 heterocycles. The van der Waals surface area contributed by atoms with Gasteiger partial charge in [0.1, 0.15) is 0 Å². The molecular weight excluding hydrogens is 244 g/mol. The van der Waals surface area contributed by atoms with Crippen molar-refractivity contribution in [3.63, 3.8) is 0 Å². The van der Waals surface area contributed by atoms with Gasteiger partial charge in [-0.2, -0.15) is 0 Å². The lowest BCUT2D eigenvalue weighted by atomic mass is 10.1. The van der Waals surface area contributed by atoms with E-state index in [9.17, 15) is 13.6 Å². The van der Waals surface area contributed by atoms with Crippen molar-refractivity contribution in [2.24, 2.45) is 0 Å². The summed E-state index contributed by atoms with van der Waals surface area (Å²) in [6, 6.07) is 4.49. The predicted molar refractivity (Wildman–Crippen MR) is 58.0 cm³/mol. The van der Waals surface area contributed by atoms with Crippen molar-refractivity contribution in [1.82, 2.24) is 5.32 Å². The van der Waals surface area contributed by atoms with Crippen LogP contribution in [0.3, 0.4) is 0 Å². The molecule has 0 radical (unpaired) electrons. The Morgan fingerprint density at radius 1 is 1.33 bits per heavy atom. The minimum Gasteiger partial charge on any atom is -0.395 e. The van der Waals surface area contributed by atoms with Crippen LogP contribution >= 0.6 is 0 Å². The molecule has 0 saturated heterocycles. The number of carbonyl (C=O) groups excluding carboxylic acids is 1.